The van der Waals surface area contributed by atoms with Crippen molar-refractivity contribution in [3.05, 3.63) is 17.7 Å². The van der Waals surface area contributed by atoms with Crippen LogP contribution >= 0.6 is 0 Å². The van der Waals surface area contributed by atoms with Gasteiger partial charge in [0.2, 0.25) is 0 Å². The highest BCUT2D eigenvalue weighted by Crippen LogP contribution is 2.35. The predicted molar refractivity (Wildman–Crippen MR) is 92.1 cm³/mol. The van der Waals surface area contributed by atoms with Gasteiger partial charge in [0.15, 0.2) is 11.5 Å². The first-order valence-corrected chi connectivity index (χ1v) is 8.66. The number of methoxy groups -OCH3 is 2. The Balaban J connectivity index is 2.28. The van der Waals surface area contributed by atoms with Gasteiger partial charge in [0.25, 0.3) is 0 Å². The molecule has 22 heavy (non-hydrogen) atoms. The van der Waals surface area contributed by atoms with Crippen molar-refractivity contribution in [1.82, 2.24) is 0 Å². The molecule has 0 fully saturated rings. The predicted octanol–water partition coefficient (Wildman–Crippen LogP) is 5.48. The lowest BCUT2D eigenvalue weighted by Crippen LogP contribution is -1.95. The quantitative estimate of drug-likeness (QED) is 0.519. The Labute approximate surface area is 135 Å². The van der Waals surface area contributed by atoms with Crippen LogP contribution in [0.15, 0.2) is 12.1 Å². The van der Waals surface area contributed by atoms with Crippen LogP contribution in [0.3, 0.4) is 0 Å². The second kappa shape index (κ2) is 11.2. The zero-order chi connectivity index (χ0) is 16.2. The molecular formula is C19H32O3. The van der Waals surface area contributed by atoms with Crippen molar-refractivity contribution < 1.29 is 14.6 Å². The van der Waals surface area contributed by atoms with E-state index in [4.69, 9.17) is 9.47 Å². The molecule has 3 nitrogen and oxygen atoms in total. The standard InChI is InChI=1S/C19H32O3/c1-4-5-6-7-8-9-10-11-12-13-16-14-17(21-2)15-18(20)19(16)22-3/h14-15,20H,4-13H2,1-3H3. The number of benzene rings is 1. The highest BCUT2D eigenvalue weighted by molar-refractivity contribution is 5.51. The average Bonchev–Trinajstić information content (AvgIpc) is 2.52. The van der Waals surface area contributed by atoms with Gasteiger partial charge >= 0.3 is 0 Å². The molecule has 3 heteroatoms. The van der Waals surface area contributed by atoms with E-state index in [1.807, 2.05) is 6.07 Å². The summed E-state index contributed by atoms with van der Waals surface area (Å²) in [6.45, 7) is 2.25. The third-order valence-electron chi connectivity index (χ3n) is 4.11. The van der Waals surface area contributed by atoms with E-state index in [2.05, 4.69) is 6.92 Å². The summed E-state index contributed by atoms with van der Waals surface area (Å²) in [6, 6.07) is 3.56. The molecule has 0 bridgehead atoms. The molecule has 1 N–H and O–H groups in total. The summed E-state index contributed by atoms with van der Waals surface area (Å²) in [5, 5.41) is 9.94. The van der Waals surface area contributed by atoms with Gasteiger partial charge < -0.3 is 14.6 Å². The average molecular weight is 308 g/mol. The van der Waals surface area contributed by atoms with Gasteiger partial charge in [0, 0.05) is 11.6 Å². The normalized spacial score (nSPS) is 10.7. The Bertz CT molecular complexity index is 415. The number of aromatic hydroxyl groups is 1. The van der Waals surface area contributed by atoms with Crippen molar-refractivity contribution in [3.8, 4) is 17.2 Å². The van der Waals surface area contributed by atoms with Crippen molar-refractivity contribution in [3.63, 3.8) is 0 Å². The maximum atomic E-state index is 9.94. The first-order chi connectivity index (χ1) is 10.7. The van der Waals surface area contributed by atoms with Gasteiger partial charge in [-0.2, -0.15) is 0 Å². The van der Waals surface area contributed by atoms with Crippen LogP contribution in [0.4, 0.5) is 0 Å². The molecule has 0 amide bonds. The fraction of sp³-hybridized carbons (Fsp3) is 0.684. The summed E-state index contributed by atoms with van der Waals surface area (Å²) in [7, 11) is 3.21. The molecule has 1 aromatic carbocycles. The third-order valence-corrected chi connectivity index (χ3v) is 4.11. The number of aryl methyl sites for hydroxylation is 1. The van der Waals surface area contributed by atoms with E-state index in [0.717, 1.165) is 18.4 Å². The molecule has 0 unspecified atom stereocenters. The largest absolute Gasteiger partial charge is 0.504 e. The topological polar surface area (TPSA) is 38.7 Å². The molecule has 1 rings (SSSR count). The summed E-state index contributed by atoms with van der Waals surface area (Å²) in [6.07, 6.45) is 12.7. The fourth-order valence-electron chi connectivity index (χ4n) is 2.81. The summed E-state index contributed by atoms with van der Waals surface area (Å²) in [5.41, 5.74) is 1.03. The second-order valence-electron chi connectivity index (χ2n) is 5.92. The van der Waals surface area contributed by atoms with Crippen molar-refractivity contribution in [1.29, 1.82) is 0 Å². The third kappa shape index (κ3) is 6.59. The van der Waals surface area contributed by atoms with Gasteiger partial charge in [-0.1, -0.05) is 58.3 Å². The smallest absolute Gasteiger partial charge is 0.163 e. The maximum Gasteiger partial charge on any atom is 0.163 e. The maximum absolute atomic E-state index is 9.94. The van der Waals surface area contributed by atoms with Crippen molar-refractivity contribution >= 4 is 0 Å². The molecule has 0 saturated carbocycles. The number of ether oxygens (including phenoxy) is 2. The molecule has 0 aromatic heterocycles. The molecule has 0 saturated heterocycles. The molecule has 0 atom stereocenters. The van der Waals surface area contributed by atoms with Gasteiger partial charge in [-0.3, -0.25) is 0 Å². The van der Waals surface area contributed by atoms with E-state index < -0.39 is 0 Å². The van der Waals surface area contributed by atoms with Crippen LogP contribution in [0.1, 0.15) is 70.3 Å². The Kier molecular flexibility index (Phi) is 9.52. The van der Waals surface area contributed by atoms with E-state index in [1.165, 1.54) is 51.4 Å². The van der Waals surface area contributed by atoms with Gasteiger partial charge in [-0.25, -0.2) is 0 Å². The van der Waals surface area contributed by atoms with Crippen LogP contribution in [0.2, 0.25) is 0 Å². The van der Waals surface area contributed by atoms with Crippen LogP contribution in [0.25, 0.3) is 0 Å². The number of phenols is 1. The van der Waals surface area contributed by atoms with E-state index in [-0.39, 0.29) is 5.75 Å². The Morgan fingerprint density at radius 1 is 0.818 bits per heavy atom. The van der Waals surface area contributed by atoms with Gasteiger partial charge in [0.1, 0.15) is 5.75 Å². The van der Waals surface area contributed by atoms with Crippen LogP contribution in [0, 0.1) is 0 Å². The van der Waals surface area contributed by atoms with Gasteiger partial charge in [-0.05, 0) is 18.9 Å². The Morgan fingerprint density at radius 3 is 1.95 bits per heavy atom. The molecule has 0 aliphatic heterocycles. The molecular weight excluding hydrogens is 276 g/mol. The summed E-state index contributed by atoms with van der Waals surface area (Å²) >= 11 is 0. The van der Waals surface area contributed by atoms with Crippen molar-refractivity contribution in [2.45, 2.75) is 71.1 Å². The molecule has 0 aliphatic rings. The van der Waals surface area contributed by atoms with Crippen LogP contribution in [-0.4, -0.2) is 19.3 Å². The highest BCUT2D eigenvalue weighted by atomic mass is 16.5. The number of unbranched alkanes of at least 4 members (excludes halogenated alkanes) is 8. The summed E-state index contributed by atoms with van der Waals surface area (Å²) in [4.78, 5) is 0. The first kappa shape index (κ1) is 18.7. The molecule has 126 valence electrons. The van der Waals surface area contributed by atoms with E-state index in [1.54, 1.807) is 20.3 Å². The van der Waals surface area contributed by atoms with Gasteiger partial charge in [0.05, 0.1) is 14.2 Å². The zero-order valence-electron chi connectivity index (χ0n) is 14.5. The van der Waals surface area contributed by atoms with Gasteiger partial charge in [-0.15, -0.1) is 0 Å². The molecule has 0 spiro atoms. The Morgan fingerprint density at radius 2 is 1.41 bits per heavy atom. The molecule has 0 radical (unpaired) electrons. The van der Waals surface area contributed by atoms with Crippen LogP contribution < -0.4 is 9.47 Å². The highest BCUT2D eigenvalue weighted by Gasteiger charge is 2.11. The second-order valence-corrected chi connectivity index (χ2v) is 5.92. The Hall–Kier alpha value is -1.38. The van der Waals surface area contributed by atoms with Crippen molar-refractivity contribution in [2.75, 3.05) is 14.2 Å². The minimum absolute atomic E-state index is 0.160. The van der Waals surface area contributed by atoms with Crippen LogP contribution in [0.5, 0.6) is 17.2 Å². The number of phenolic OH excluding ortho intramolecular Hbond substituents is 1. The zero-order valence-corrected chi connectivity index (χ0v) is 14.5. The summed E-state index contributed by atoms with van der Waals surface area (Å²) in [5.74, 6) is 1.43. The lowest BCUT2D eigenvalue weighted by atomic mass is 10.0. The SMILES string of the molecule is CCCCCCCCCCCc1cc(OC)cc(O)c1OC. The number of rotatable bonds is 12. The number of hydrogen-bond donors (Lipinski definition) is 1. The summed E-state index contributed by atoms with van der Waals surface area (Å²) < 4.78 is 10.5. The molecule has 0 aliphatic carbocycles. The van der Waals surface area contributed by atoms with Crippen molar-refractivity contribution in [2.24, 2.45) is 0 Å². The monoisotopic (exact) mass is 308 g/mol. The minimum Gasteiger partial charge on any atom is -0.504 e. The van der Waals surface area contributed by atoms with E-state index in [9.17, 15) is 5.11 Å². The van der Waals surface area contributed by atoms with E-state index in [0.29, 0.717) is 11.5 Å². The van der Waals surface area contributed by atoms with Crippen LogP contribution in [-0.2, 0) is 6.42 Å². The minimum atomic E-state index is 0.160. The van der Waals surface area contributed by atoms with E-state index >= 15 is 0 Å². The molecule has 0 heterocycles. The fourth-order valence-corrected chi connectivity index (χ4v) is 2.81. The number of hydrogen-bond acceptors (Lipinski definition) is 3. The lowest BCUT2D eigenvalue weighted by molar-refractivity contribution is 0.361. The lowest BCUT2D eigenvalue weighted by Gasteiger charge is -2.12. The first-order valence-electron chi connectivity index (χ1n) is 8.66. The molecule has 1 aromatic rings.